The van der Waals surface area contributed by atoms with Gasteiger partial charge < -0.3 is 9.72 Å². The molecule has 1 saturated heterocycles. The van der Waals surface area contributed by atoms with E-state index in [0.29, 0.717) is 6.04 Å². The molecule has 4 bridgehead atoms. The third-order valence-corrected chi connectivity index (χ3v) is 6.67. The molecule has 1 N–H and O–H groups in total. The van der Waals surface area contributed by atoms with Gasteiger partial charge in [-0.15, -0.1) is 0 Å². The number of H-pyrrole nitrogens is 1. The number of hydrogen-bond donors (Lipinski definition) is 1. The number of nitrogens with zero attached hydrogens (tertiary/aromatic N) is 1. The smallest absolute Gasteiger partial charge is 0.332 e. The zero-order valence-corrected chi connectivity index (χ0v) is 14.1. The van der Waals surface area contributed by atoms with E-state index in [1.165, 1.54) is 18.1 Å². The van der Waals surface area contributed by atoms with Gasteiger partial charge in [0.25, 0.3) is 0 Å². The molecule has 3 aliphatic heterocycles. The second-order valence-electron chi connectivity index (χ2n) is 7.41. The fourth-order valence-electron chi connectivity index (χ4n) is 5.57. The highest BCUT2D eigenvalue weighted by atomic mass is 16.5. The first-order chi connectivity index (χ1) is 11.7. The van der Waals surface area contributed by atoms with Gasteiger partial charge in [0.15, 0.2) is 5.54 Å². The summed E-state index contributed by atoms with van der Waals surface area (Å²) in [7, 11) is 1.51. The summed E-state index contributed by atoms with van der Waals surface area (Å²) in [5.74, 6) is -0.126. The van der Waals surface area contributed by atoms with Crippen LogP contribution in [0.1, 0.15) is 31.0 Å². The van der Waals surface area contributed by atoms with Gasteiger partial charge >= 0.3 is 5.97 Å². The van der Waals surface area contributed by atoms with Crippen LogP contribution in [0.2, 0.25) is 0 Å². The van der Waals surface area contributed by atoms with Crippen LogP contribution in [0.15, 0.2) is 36.4 Å². The molecule has 1 aromatic carbocycles. The van der Waals surface area contributed by atoms with Crippen LogP contribution in [0.3, 0.4) is 0 Å². The Bertz CT molecular complexity index is 883. The van der Waals surface area contributed by atoms with Gasteiger partial charge in [-0.25, -0.2) is 4.79 Å². The van der Waals surface area contributed by atoms with Crippen molar-refractivity contribution in [3.8, 4) is 0 Å². The van der Waals surface area contributed by atoms with E-state index in [1.54, 1.807) is 0 Å². The maximum absolute atomic E-state index is 13.1. The zero-order valence-electron chi connectivity index (χ0n) is 14.1. The topological polar surface area (TPSA) is 45.3 Å². The minimum atomic E-state index is -0.675. The van der Waals surface area contributed by atoms with Gasteiger partial charge in [0.05, 0.1) is 12.8 Å². The van der Waals surface area contributed by atoms with Crippen molar-refractivity contribution in [1.82, 2.24) is 9.88 Å². The van der Waals surface area contributed by atoms with E-state index in [2.05, 4.69) is 47.2 Å². The standard InChI is InChI=1S/C20H22N2O2/c1-3-19-9-6-10-22-16(19)11-14-13-7-4-5-8-15(13)21-17(14)20(22,12-19)18(23)24-2/h4-9,16,21H,3,10-12H2,1-2H3/t16-,19+,20-/m1/s1. The molecule has 2 aromatic rings. The lowest BCUT2D eigenvalue weighted by molar-refractivity contribution is -0.155. The SMILES string of the molecule is CC[C@@]12C=CCN3[C@@H]1Cc1c([nH]c4ccccc14)[C@@]3(C(=O)OC)C2. The number of benzene rings is 1. The molecular weight excluding hydrogens is 300 g/mol. The molecule has 0 amide bonds. The maximum Gasteiger partial charge on any atom is 0.332 e. The van der Waals surface area contributed by atoms with Crippen LogP contribution in [0.4, 0.5) is 0 Å². The van der Waals surface area contributed by atoms with Crippen molar-refractivity contribution in [3.05, 3.63) is 47.7 Å². The van der Waals surface area contributed by atoms with Crippen LogP contribution < -0.4 is 0 Å². The third kappa shape index (κ3) is 1.42. The van der Waals surface area contributed by atoms with Crippen LogP contribution in [0.5, 0.6) is 0 Å². The number of carbonyl (C=O) groups is 1. The molecule has 4 nitrogen and oxygen atoms in total. The fraction of sp³-hybridized carbons (Fsp3) is 0.450. The first-order valence-electron chi connectivity index (χ1n) is 8.79. The van der Waals surface area contributed by atoms with Crippen LogP contribution >= 0.6 is 0 Å². The number of esters is 1. The molecule has 0 saturated carbocycles. The second-order valence-corrected chi connectivity index (χ2v) is 7.41. The van der Waals surface area contributed by atoms with E-state index in [1.807, 2.05) is 6.07 Å². The van der Waals surface area contributed by atoms with Gasteiger partial charge in [0, 0.05) is 28.9 Å². The quantitative estimate of drug-likeness (QED) is 0.682. The number of para-hydroxylation sites is 1. The van der Waals surface area contributed by atoms with Gasteiger partial charge in [0.2, 0.25) is 0 Å². The molecule has 24 heavy (non-hydrogen) atoms. The number of aromatic nitrogens is 1. The number of ether oxygens (including phenoxy) is 1. The Labute approximate surface area is 141 Å². The maximum atomic E-state index is 13.1. The molecule has 5 rings (SSSR count). The second kappa shape index (κ2) is 4.51. The molecule has 0 spiro atoms. The highest BCUT2D eigenvalue weighted by Crippen LogP contribution is 2.61. The summed E-state index contributed by atoms with van der Waals surface area (Å²) >= 11 is 0. The zero-order chi connectivity index (χ0) is 16.5. The Balaban J connectivity index is 1.83. The summed E-state index contributed by atoms with van der Waals surface area (Å²) in [6.45, 7) is 3.06. The van der Waals surface area contributed by atoms with Gasteiger partial charge in [-0.05, 0) is 30.9 Å². The lowest BCUT2D eigenvalue weighted by Gasteiger charge is -2.44. The van der Waals surface area contributed by atoms with Gasteiger partial charge in [-0.1, -0.05) is 37.3 Å². The van der Waals surface area contributed by atoms with Crippen LogP contribution in [0, 0.1) is 5.41 Å². The molecule has 3 aliphatic rings. The summed E-state index contributed by atoms with van der Waals surface area (Å²) in [5.41, 5.74) is 2.88. The molecule has 124 valence electrons. The van der Waals surface area contributed by atoms with Gasteiger partial charge in [0.1, 0.15) is 0 Å². The summed E-state index contributed by atoms with van der Waals surface area (Å²) in [4.78, 5) is 19.0. The number of nitrogens with one attached hydrogen (secondary N) is 1. The van der Waals surface area contributed by atoms with Crippen molar-refractivity contribution in [2.45, 2.75) is 37.8 Å². The predicted octanol–water partition coefficient (Wildman–Crippen LogP) is 3.13. The normalized spacial score (nSPS) is 35.9. The Hall–Kier alpha value is -2.07. The van der Waals surface area contributed by atoms with Gasteiger partial charge in [-0.3, -0.25) is 4.90 Å². The van der Waals surface area contributed by atoms with Gasteiger partial charge in [-0.2, -0.15) is 0 Å². The van der Waals surface area contributed by atoms with Crippen molar-refractivity contribution in [1.29, 1.82) is 0 Å². The van der Waals surface area contributed by atoms with Crippen molar-refractivity contribution < 1.29 is 9.53 Å². The molecule has 4 heterocycles. The largest absolute Gasteiger partial charge is 0.467 e. The lowest BCUT2D eigenvalue weighted by Crippen LogP contribution is -2.56. The number of rotatable bonds is 2. The van der Waals surface area contributed by atoms with E-state index in [-0.39, 0.29) is 11.4 Å². The Kier molecular flexibility index (Phi) is 2.69. The number of aromatic amines is 1. The Morgan fingerprint density at radius 3 is 3.04 bits per heavy atom. The average molecular weight is 322 g/mol. The number of carbonyl (C=O) groups excluding carboxylic acids is 1. The first-order valence-corrected chi connectivity index (χ1v) is 8.79. The first kappa shape index (κ1) is 14.3. The summed E-state index contributed by atoms with van der Waals surface area (Å²) in [5, 5.41) is 1.25. The highest BCUT2D eigenvalue weighted by molar-refractivity contribution is 5.91. The van der Waals surface area contributed by atoms with Crippen molar-refractivity contribution >= 4 is 16.9 Å². The average Bonchev–Trinajstić information content (AvgIpc) is 3.01. The van der Waals surface area contributed by atoms with Crippen LogP contribution in [-0.4, -0.2) is 35.5 Å². The molecule has 4 heteroatoms. The van der Waals surface area contributed by atoms with Crippen molar-refractivity contribution in [3.63, 3.8) is 0 Å². The molecule has 0 radical (unpaired) electrons. The minimum absolute atomic E-state index is 0.0629. The molecule has 1 aromatic heterocycles. The van der Waals surface area contributed by atoms with Crippen molar-refractivity contribution in [2.24, 2.45) is 5.41 Å². The summed E-state index contributed by atoms with van der Waals surface area (Å²) in [6.07, 6.45) is 7.46. The predicted molar refractivity (Wildman–Crippen MR) is 92.7 cm³/mol. The van der Waals surface area contributed by atoms with Crippen molar-refractivity contribution in [2.75, 3.05) is 13.7 Å². The molecule has 1 fully saturated rings. The van der Waals surface area contributed by atoms with E-state index >= 15 is 0 Å². The minimum Gasteiger partial charge on any atom is -0.467 e. The van der Waals surface area contributed by atoms with Crippen LogP contribution in [0.25, 0.3) is 10.9 Å². The third-order valence-electron chi connectivity index (χ3n) is 6.67. The van der Waals surface area contributed by atoms with E-state index < -0.39 is 5.54 Å². The lowest BCUT2D eigenvalue weighted by atomic mass is 9.74. The molecular formula is C20H22N2O2. The van der Waals surface area contributed by atoms with E-state index in [9.17, 15) is 4.79 Å². The van der Waals surface area contributed by atoms with Crippen LogP contribution in [-0.2, 0) is 21.5 Å². The molecule has 1 unspecified atom stereocenters. The number of methoxy groups -OCH3 is 1. The van der Waals surface area contributed by atoms with E-state index in [0.717, 1.165) is 37.0 Å². The summed E-state index contributed by atoms with van der Waals surface area (Å²) < 4.78 is 5.33. The Morgan fingerprint density at radius 1 is 1.42 bits per heavy atom. The monoisotopic (exact) mass is 322 g/mol. The molecule has 4 atom stereocenters. The van der Waals surface area contributed by atoms with E-state index in [4.69, 9.17) is 4.74 Å². The number of fused-ring (bicyclic) bond motifs is 4. The fourth-order valence-corrected chi connectivity index (χ4v) is 5.57. The molecule has 0 aliphatic carbocycles. The highest BCUT2D eigenvalue weighted by Gasteiger charge is 2.67. The summed E-state index contributed by atoms with van der Waals surface area (Å²) in [6, 6.07) is 8.76. The number of hydrogen-bond acceptors (Lipinski definition) is 3. The Morgan fingerprint density at radius 2 is 2.25 bits per heavy atom.